The number of carbonyl (C=O) groups excluding carboxylic acids is 2. The van der Waals surface area contributed by atoms with Crippen LogP contribution in [0.1, 0.15) is 30.4 Å². The Morgan fingerprint density at radius 1 is 1.12 bits per heavy atom. The van der Waals surface area contributed by atoms with Gasteiger partial charge in [-0.1, -0.05) is 61.5 Å². The molecule has 2 amide bonds. The Bertz CT molecular complexity index is 958. The zero-order chi connectivity index (χ0) is 23.1. The molecule has 7 heteroatoms. The number of rotatable bonds is 10. The highest BCUT2D eigenvalue weighted by atomic mass is 16.5. The summed E-state index contributed by atoms with van der Waals surface area (Å²) in [5.41, 5.74) is 4.54. The summed E-state index contributed by atoms with van der Waals surface area (Å²) in [5, 5.41) is 11.7. The number of carboxylic acid groups (broad SMARTS) is 1. The van der Waals surface area contributed by atoms with Crippen LogP contribution in [-0.4, -0.2) is 54.2 Å². The van der Waals surface area contributed by atoms with Gasteiger partial charge in [0, 0.05) is 19.0 Å². The van der Waals surface area contributed by atoms with Gasteiger partial charge in [-0.25, -0.2) is 4.79 Å². The number of aliphatic carboxylic acids is 1. The van der Waals surface area contributed by atoms with Crippen molar-refractivity contribution in [3.05, 3.63) is 72.3 Å². The van der Waals surface area contributed by atoms with E-state index in [1.165, 1.54) is 11.0 Å². The Morgan fingerprint density at radius 3 is 2.25 bits per heavy atom. The maximum atomic E-state index is 12.7. The highest BCUT2D eigenvalue weighted by Gasteiger charge is 2.29. The summed E-state index contributed by atoms with van der Waals surface area (Å²) in [6.45, 7) is 5.36. The molecular weight excluding hydrogens is 408 g/mol. The van der Waals surface area contributed by atoms with Crippen molar-refractivity contribution in [3.8, 4) is 11.1 Å². The summed E-state index contributed by atoms with van der Waals surface area (Å²) in [5.74, 6) is -2.03. The Kier molecular flexibility index (Phi) is 7.65. The smallest absolute Gasteiger partial charge is 0.407 e. The molecule has 1 aliphatic rings. The van der Waals surface area contributed by atoms with Crippen molar-refractivity contribution < 1.29 is 24.2 Å². The molecule has 0 aliphatic heterocycles. The summed E-state index contributed by atoms with van der Waals surface area (Å²) < 4.78 is 5.50. The van der Waals surface area contributed by atoms with Gasteiger partial charge in [0.05, 0.1) is 5.92 Å². The van der Waals surface area contributed by atoms with Gasteiger partial charge in [-0.05, 0) is 28.7 Å². The van der Waals surface area contributed by atoms with Crippen LogP contribution in [0.2, 0.25) is 0 Å². The van der Waals surface area contributed by atoms with E-state index in [9.17, 15) is 14.4 Å². The SMILES string of the molecule is C=CCN(CC(=O)O)C(=O)C(CC)CNC(=O)OCC1c2ccccc2-c2ccccc21. The maximum absolute atomic E-state index is 12.7. The number of carbonyl (C=O) groups is 3. The van der Waals surface area contributed by atoms with Gasteiger partial charge in [0.25, 0.3) is 0 Å². The van der Waals surface area contributed by atoms with Crippen LogP contribution in [0, 0.1) is 5.92 Å². The molecule has 0 aromatic heterocycles. The first-order valence-electron chi connectivity index (χ1n) is 10.7. The number of fused-ring (bicyclic) bond motifs is 3. The fourth-order valence-electron chi connectivity index (χ4n) is 4.07. The largest absolute Gasteiger partial charge is 0.480 e. The zero-order valence-electron chi connectivity index (χ0n) is 18.1. The second kappa shape index (κ2) is 10.6. The van der Waals surface area contributed by atoms with E-state index in [0.29, 0.717) is 6.42 Å². The summed E-state index contributed by atoms with van der Waals surface area (Å²) in [6, 6.07) is 16.2. The molecule has 0 spiro atoms. The van der Waals surface area contributed by atoms with Crippen LogP contribution < -0.4 is 5.32 Å². The minimum Gasteiger partial charge on any atom is -0.480 e. The molecular formula is C25H28N2O5. The van der Waals surface area contributed by atoms with Crippen molar-refractivity contribution in [1.82, 2.24) is 10.2 Å². The summed E-state index contributed by atoms with van der Waals surface area (Å²) in [4.78, 5) is 37.3. The number of nitrogens with zero attached hydrogens (tertiary/aromatic N) is 1. The van der Waals surface area contributed by atoms with Gasteiger partial charge in [0.2, 0.25) is 5.91 Å². The van der Waals surface area contributed by atoms with Crippen molar-refractivity contribution in [2.45, 2.75) is 19.3 Å². The number of alkyl carbamates (subject to hydrolysis) is 1. The van der Waals surface area contributed by atoms with E-state index < -0.39 is 24.5 Å². The number of carboxylic acids is 1. The Labute approximate surface area is 187 Å². The van der Waals surface area contributed by atoms with Crippen LogP contribution in [0.3, 0.4) is 0 Å². The quantitative estimate of drug-likeness (QED) is 0.554. The monoisotopic (exact) mass is 436 g/mol. The standard InChI is InChI=1S/C25H28N2O5/c1-3-13-27(15-23(28)29)24(30)17(4-2)14-26-25(31)32-16-22-20-11-7-5-9-18(20)19-10-6-8-12-21(19)22/h3,5-12,17,22H,1,4,13-16H2,2H3,(H,26,31)(H,28,29). The van der Waals surface area contributed by atoms with Crippen LogP contribution in [0.25, 0.3) is 11.1 Å². The van der Waals surface area contributed by atoms with Gasteiger partial charge in [-0.3, -0.25) is 9.59 Å². The first-order valence-corrected chi connectivity index (χ1v) is 10.7. The number of hydrogen-bond acceptors (Lipinski definition) is 4. The van der Waals surface area contributed by atoms with E-state index in [2.05, 4.69) is 24.0 Å². The number of amides is 2. The molecule has 2 aromatic rings. The lowest BCUT2D eigenvalue weighted by atomic mass is 9.98. The number of hydrogen-bond donors (Lipinski definition) is 2. The summed E-state index contributed by atoms with van der Waals surface area (Å²) in [6.07, 6.45) is 1.33. The third kappa shape index (κ3) is 5.17. The van der Waals surface area contributed by atoms with E-state index in [-0.39, 0.29) is 31.5 Å². The lowest BCUT2D eigenvalue weighted by Gasteiger charge is -2.24. The number of benzene rings is 2. The lowest BCUT2D eigenvalue weighted by Crippen LogP contribution is -2.43. The molecule has 0 bridgehead atoms. The van der Waals surface area contributed by atoms with E-state index >= 15 is 0 Å². The molecule has 168 valence electrons. The maximum Gasteiger partial charge on any atom is 0.407 e. The minimum atomic E-state index is -1.10. The fraction of sp³-hybridized carbons (Fsp3) is 0.320. The molecule has 0 saturated carbocycles. The van der Waals surface area contributed by atoms with Crippen molar-refractivity contribution in [2.24, 2.45) is 5.92 Å². The summed E-state index contributed by atoms with van der Waals surface area (Å²) >= 11 is 0. The lowest BCUT2D eigenvalue weighted by molar-refractivity contribution is -0.145. The van der Waals surface area contributed by atoms with Gasteiger partial charge in [0.1, 0.15) is 13.2 Å². The number of ether oxygens (including phenoxy) is 1. The van der Waals surface area contributed by atoms with Crippen molar-refractivity contribution >= 4 is 18.0 Å². The molecule has 1 unspecified atom stereocenters. The Balaban J connectivity index is 1.58. The van der Waals surface area contributed by atoms with Crippen molar-refractivity contribution in [1.29, 1.82) is 0 Å². The predicted octanol–water partition coefficient (Wildman–Crippen LogP) is 3.65. The molecule has 3 rings (SSSR count). The molecule has 2 N–H and O–H groups in total. The molecule has 1 aliphatic carbocycles. The van der Waals surface area contributed by atoms with Crippen LogP contribution in [0.15, 0.2) is 61.2 Å². The van der Waals surface area contributed by atoms with Crippen LogP contribution in [-0.2, 0) is 14.3 Å². The van der Waals surface area contributed by atoms with Crippen molar-refractivity contribution in [2.75, 3.05) is 26.2 Å². The third-order valence-corrected chi connectivity index (χ3v) is 5.67. The van der Waals surface area contributed by atoms with Gasteiger partial charge >= 0.3 is 12.1 Å². The molecule has 1 atom stereocenters. The number of nitrogens with one attached hydrogen (secondary N) is 1. The molecule has 32 heavy (non-hydrogen) atoms. The topological polar surface area (TPSA) is 95.9 Å². The van der Waals surface area contributed by atoms with Crippen molar-refractivity contribution in [3.63, 3.8) is 0 Å². The molecule has 0 saturated heterocycles. The minimum absolute atomic E-state index is 0.0459. The van der Waals surface area contributed by atoms with Crippen LogP contribution >= 0.6 is 0 Å². The zero-order valence-corrected chi connectivity index (χ0v) is 18.1. The van der Waals surface area contributed by atoms with E-state index in [0.717, 1.165) is 22.3 Å². The summed E-state index contributed by atoms with van der Waals surface area (Å²) in [7, 11) is 0. The highest BCUT2D eigenvalue weighted by molar-refractivity contribution is 5.84. The molecule has 0 heterocycles. The molecule has 0 fully saturated rings. The average molecular weight is 437 g/mol. The normalized spacial score (nSPS) is 12.9. The molecule has 2 aromatic carbocycles. The first-order chi connectivity index (χ1) is 15.5. The van der Waals surface area contributed by atoms with Gasteiger partial charge < -0.3 is 20.1 Å². The molecule has 7 nitrogen and oxygen atoms in total. The van der Waals surface area contributed by atoms with Crippen LogP contribution in [0.5, 0.6) is 0 Å². The van der Waals surface area contributed by atoms with E-state index in [4.69, 9.17) is 9.84 Å². The fourth-order valence-corrected chi connectivity index (χ4v) is 4.07. The van der Waals surface area contributed by atoms with Gasteiger partial charge in [0.15, 0.2) is 0 Å². The van der Waals surface area contributed by atoms with Gasteiger partial charge in [-0.15, -0.1) is 6.58 Å². The average Bonchev–Trinajstić information content (AvgIpc) is 3.11. The Hall–Kier alpha value is -3.61. The van der Waals surface area contributed by atoms with Gasteiger partial charge in [-0.2, -0.15) is 0 Å². The first kappa shape index (κ1) is 23.1. The van der Waals surface area contributed by atoms with Crippen LogP contribution in [0.4, 0.5) is 4.79 Å². The second-order valence-corrected chi connectivity index (χ2v) is 7.71. The van der Waals surface area contributed by atoms with E-state index in [1.54, 1.807) is 0 Å². The Morgan fingerprint density at radius 2 is 1.72 bits per heavy atom. The highest BCUT2D eigenvalue weighted by Crippen LogP contribution is 2.44. The second-order valence-electron chi connectivity index (χ2n) is 7.71. The predicted molar refractivity (Wildman–Crippen MR) is 121 cm³/mol. The van der Waals surface area contributed by atoms with E-state index in [1.807, 2.05) is 43.3 Å². The molecule has 0 radical (unpaired) electrons. The third-order valence-electron chi connectivity index (χ3n) is 5.67.